The van der Waals surface area contributed by atoms with Gasteiger partial charge in [0.2, 0.25) is 0 Å². The topological polar surface area (TPSA) is 32.3 Å². The molecule has 1 saturated heterocycles. The van der Waals surface area contributed by atoms with E-state index in [9.17, 15) is 4.79 Å². The van der Waals surface area contributed by atoms with Crippen LogP contribution in [-0.4, -0.2) is 17.1 Å². The van der Waals surface area contributed by atoms with Crippen LogP contribution < -0.4 is 10.2 Å². The fourth-order valence-corrected chi connectivity index (χ4v) is 2.29. The molecule has 1 N–H and O–H groups in total. The quantitative estimate of drug-likeness (QED) is 0.802. The van der Waals surface area contributed by atoms with Crippen molar-refractivity contribution in [1.29, 1.82) is 0 Å². The van der Waals surface area contributed by atoms with Crippen LogP contribution in [0.2, 0.25) is 0 Å². The smallest absolute Gasteiger partial charge is 0.255 e. The number of rotatable bonds is 1. The van der Waals surface area contributed by atoms with Gasteiger partial charge in [-0.2, -0.15) is 0 Å². The van der Waals surface area contributed by atoms with E-state index < -0.39 is 0 Å². The molecule has 1 amide bonds. The number of halogens is 1. The number of carbonyl (C=O) groups excluding carboxylic acids is 1. The molecule has 15 heavy (non-hydrogen) atoms. The van der Waals surface area contributed by atoms with Crippen molar-refractivity contribution in [2.24, 2.45) is 0 Å². The normalized spacial score (nSPS) is 20.7. The Labute approximate surface area is 102 Å². The van der Waals surface area contributed by atoms with Crippen LogP contribution in [0.1, 0.15) is 6.92 Å². The highest BCUT2D eigenvalue weighted by atomic mass is 79.9. The lowest BCUT2D eigenvalue weighted by Crippen LogP contribution is -2.30. The maximum absolute atomic E-state index is 11.8. The second-order valence-corrected chi connectivity index (χ2v) is 4.54. The molecule has 0 spiro atoms. The summed E-state index contributed by atoms with van der Waals surface area (Å²) < 4.78 is 0.858. The first-order valence-electron chi connectivity index (χ1n) is 4.50. The molecule has 1 unspecified atom stereocenters. The number of nitrogens with zero attached hydrogens (tertiary/aromatic N) is 1. The largest absolute Gasteiger partial charge is 0.350 e. The fourth-order valence-electron chi connectivity index (χ4n) is 1.47. The number of nitrogens with one attached hydrogen (secondary N) is 1. The first-order chi connectivity index (χ1) is 7.11. The van der Waals surface area contributed by atoms with Crippen LogP contribution in [0.5, 0.6) is 0 Å². The number of thiocarbonyl (C=S) groups is 1. The Bertz CT molecular complexity index is 435. The Morgan fingerprint density at radius 1 is 1.47 bits per heavy atom. The van der Waals surface area contributed by atoms with Gasteiger partial charge >= 0.3 is 0 Å². The molecular formula is C10H9BrN2OS. The molecular weight excluding hydrogens is 276 g/mol. The van der Waals surface area contributed by atoms with E-state index in [2.05, 4.69) is 21.2 Å². The lowest BCUT2D eigenvalue weighted by atomic mass is 10.3. The highest BCUT2D eigenvalue weighted by molar-refractivity contribution is 9.10. The summed E-state index contributed by atoms with van der Waals surface area (Å²) in [5.74, 6) is -0.0214. The SMILES string of the molecule is CC1NC(=S)N(c2ccccc2Br)C1=O. The van der Waals surface area contributed by atoms with Crippen molar-refractivity contribution in [2.75, 3.05) is 4.90 Å². The molecule has 1 aromatic carbocycles. The number of anilines is 1. The van der Waals surface area contributed by atoms with Crippen LogP contribution in [0.15, 0.2) is 28.7 Å². The van der Waals surface area contributed by atoms with Crippen molar-refractivity contribution in [3.63, 3.8) is 0 Å². The van der Waals surface area contributed by atoms with E-state index in [1.807, 2.05) is 24.3 Å². The zero-order chi connectivity index (χ0) is 11.0. The van der Waals surface area contributed by atoms with E-state index in [0.29, 0.717) is 5.11 Å². The summed E-state index contributed by atoms with van der Waals surface area (Å²) in [4.78, 5) is 13.3. The van der Waals surface area contributed by atoms with Crippen molar-refractivity contribution in [2.45, 2.75) is 13.0 Å². The standard InChI is InChI=1S/C10H9BrN2OS/c1-6-9(14)13(10(15)12-6)8-5-3-2-4-7(8)11/h2-6H,1H3,(H,12,15). The molecule has 0 bridgehead atoms. The molecule has 1 aliphatic heterocycles. The minimum absolute atomic E-state index is 0.0214. The van der Waals surface area contributed by atoms with Crippen LogP contribution >= 0.6 is 28.1 Å². The zero-order valence-electron chi connectivity index (χ0n) is 8.03. The predicted molar refractivity (Wildman–Crippen MR) is 66.8 cm³/mol. The van der Waals surface area contributed by atoms with E-state index in [4.69, 9.17) is 12.2 Å². The van der Waals surface area contributed by atoms with E-state index in [1.165, 1.54) is 4.90 Å². The van der Waals surface area contributed by atoms with Gasteiger partial charge in [0.05, 0.1) is 5.69 Å². The summed E-state index contributed by atoms with van der Waals surface area (Å²) in [6.07, 6.45) is 0. The Hall–Kier alpha value is -0.940. The highest BCUT2D eigenvalue weighted by Crippen LogP contribution is 2.28. The Kier molecular flexibility index (Phi) is 2.75. The van der Waals surface area contributed by atoms with Gasteiger partial charge in [0.15, 0.2) is 5.11 Å². The van der Waals surface area contributed by atoms with Crippen molar-refractivity contribution < 1.29 is 4.79 Å². The first kappa shape index (κ1) is 10.6. The molecule has 1 atom stereocenters. The number of hydrogen-bond donors (Lipinski definition) is 1. The molecule has 1 aromatic rings. The van der Waals surface area contributed by atoms with Crippen LogP contribution in [-0.2, 0) is 4.79 Å². The average molecular weight is 285 g/mol. The molecule has 5 heteroatoms. The molecule has 0 aromatic heterocycles. The number of hydrogen-bond acceptors (Lipinski definition) is 2. The Balaban J connectivity index is 2.44. The van der Waals surface area contributed by atoms with Crippen molar-refractivity contribution in [1.82, 2.24) is 5.32 Å². The van der Waals surface area contributed by atoms with Crippen molar-refractivity contribution in [3.05, 3.63) is 28.7 Å². The van der Waals surface area contributed by atoms with Gasteiger partial charge in [-0.05, 0) is 47.2 Å². The lowest BCUT2D eigenvalue weighted by molar-refractivity contribution is -0.117. The maximum Gasteiger partial charge on any atom is 0.255 e. The Morgan fingerprint density at radius 3 is 2.67 bits per heavy atom. The summed E-state index contributed by atoms with van der Waals surface area (Å²) in [6.45, 7) is 1.80. The third-order valence-electron chi connectivity index (χ3n) is 2.23. The minimum atomic E-state index is -0.246. The zero-order valence-corrected chi connectivity index (χ0v) is 10.4. The summed E-state index contributed by atoms with van der Waals surface area (Å²) in [7, 11) is 0. The van der Waals surface area contributed by atoms with Crippen LogP contribution in [0, 0.1) is 0 Å². The van der Waals surface area contributed by atoms with Crippen LogP contribution in [0.4, 0.5) is 5.69 Å². The molecule has 1 fully saturated rings. The molecule has 78 valence electrons. The van der Waals surface area contributed by atoms with E-state index in [0.717, 1.165) is 10.2 Å². The average Bonchev–Trinajstić information content (AvgIpc) is 2.43. The number of amides is 1. The van der Waals surface area contributed by atoms with Gasteiger partial charge in [-0.3, -0.25) is 9.69 Å². The highest BCUT2D eigenvalue weighted by Gasteiger charge is 2.33. The summed E-state index contributed by atoms with van der Waals surface area (Å²) in [6, 6.07) is 7.26. The predicted octanol–water partition coefficient (Wildman–Crippen LogP) is 2.06. The third-order valence-corrected chi connectivity index (χ3v) is 3.20. The van der Waals surface area contributed by atoms with Crippen molar-refractivity contribution >= 4 is 44.9 Å². The molecule has 0 radical (unpaired) electrons. The summed E-state index contributed by atoms with van der Waals surface area (Å²) >= 11 is 8.51. The second kappa shape index (κ2) is 3.90. The maximum atomic E-state index is 11.8. The second-order valence-electron chi connectivity index (χ2n) is 3.30. The van der Waals surface area contributed by atoms with Gasteiger partial charge in [0.25, 0.3) is 5.91 Å². The van der Waals surface area contributed by atoms with E-state index in [-0.39, 0.29) is 11.9 Å². The number of para-hydroxylation sites is 1. The number of benzene rings is 1. The first-order valence-corrected chi connectivity index (χ1v) is 5.70. The molecule has 0 saturated carbocycles. The molecule has 1 heterocycles. The Morgan fingerprint density at radius 2 is 2.13 bits per heavy atom. The molecule has 3 nitrogen and oxygen atoms in total. The van der Waals surface area contributed by atoms with Gasteiger partial charge in [0, 0.05) is 4.47 Å². The van der Waals surface area contributed by atoms with Crippen LogP contribution in [0.25, 0.3) is 0 Å². The van der Waals surface area contributed by atoms with E-state index in [1.54, 1.807) is 6.92 Å². The molecule has 0 aliphatic carbocycles. The minimum Gasteiger partial charge on any atom is -0.350 e. The summed E-state index contributed by atoms with van der Waals surface area (Å²) in [5, 5.41) is 3.39. The van der Waals surface area contributed by atoms with Gasteiger partial charge in [0.1, 0.15) is 6.04 Å². The third kappa shape index (κ3) is 1.77. The number of carbonyl (C=O) groups is 1. The van der Waals surface area contributed by atoms with Gasteiger partial charge in [-0.1, -0.05) is 12.1 Å². The summed E-state index contributed by atoms with van der Waals surface area (Å²) in [5.41, 5.74) is 0.782. The van der Waals surface area contributed by atoms with Crippen molar-refractivity contribution in [3.8, 4) is 0 Å². The lowest BCUT2D eigenvalue weighted by Gasteiger charge is -2.16. The molecule has 2 rings (SSSR count). The monoisotopic (exact) mass is 284 g/mol. The van der Waals surface area contributed by atoms with E-state index >= 15 is 0 Å². The van der Waals surface area contributed by atoms with Gasteiger partial charge in [-0.15, -0.1) is 0 Å². The van der Waals surface area contributed by atoms with Crippen LogP contribution in [0.3, 0.4) is 0 Å². The van der Waals surface area contributed by atoms with Gasteiger partial charge < -0.3 is 5.32 Å². The van der Waals surface area contributed by atoms with Gasteiger partial charge in [-0.25, -0.2) is 0 Å². The molecule has 1 aliphatic rings. The fraction of sp³-hybridized carbons (Fsp3) is 0.200.